The molecule has 3 rings (SSSR count). The summed E-state index contributed by atoms with van der Waals surface area (Å²) in [6, 6.07) is 17.2. The fraction of sp³-hybridized carbons (Fsp3) is 0.368. The van der Waals surface area contributed by atoms with Gasteiger partial charge in [-0.3, -0.25) is 0 Å². The number of rotatable bonds is 5. The lowest BCUT2D eigenvalue weighted by Gasteiger charge is -2.40. The van der Waals surface area contributed by atoms with Crippen molar-refractivity contribution in [3.63, 3.8) is 0 Å². The highest BCUT2D eigenvalue weighted by atomic mass is 16.7. The van der Waals surface area contributed by atoms with Crippen LogP contribution in [0.5, 0.6) is 5.75 Å². The van der Waals surface area contributed by atoms with Crippen LogP contribution in [0.15, 0.2) is 54.6 Å². The van der Waals surface area contributed by atoms with Crippen molar-refractivity contribution in [3.05, 3.63) is 65.7 Å². The molecule has 5 atom stereocenters. The van der Waals surface area contributed by atoms with Crippen molar-refractivity contribution in [1.82, 2.24) is 0 Å². The number of benzene rings is 2. The second-order valence-corrected chi connectivity index (χ2v) is 6.08. The third-order valence-electron chi connectivity index (χ3n) is 4.32. The lowest BCUT2D eigenvalue weighted by atomic mass is 9.98. The molecule has 1 aliphatic heterocycles. The first-order valence-corrected chi connectivity index (χ1v) is 8.19. The van der Waals surface area contributed by atoms with E-state index in [1.165, 1.54) is 0 Å². The zero-order chi connectivity index (χ0) is 17.8. The molecule has 0 bridgehead atoms. The number of para-hydroxylation sites is 1. The van der Waals surface area contributed by atoms with Crippen LogP contribution in [0, 0.1) is 0 Å². The molecule has 0 radical (unpaired) electrons. The molecule has 0 aliphatic carbocycles. The van der Waals surface area contributed by atoms with Crippen LogP contribution in [0.3, 0.4) is 0 Å². The summed E-state index contributed by atoms with van der Waals surface area (Å²) in [5.41, 5.74) is 1.98. The number of ether oxygens (including phenoxy) is 2. The molecule has 1 fully saturated rings. The third-order valence-corrected chi connectivity index (χ3v) is 4.32. The minimum Gasteiger partial charge on any atom is -0.482 e. The van der Waals surface area contributed by atoms with E-state index in [2.05, 4.69) is 0 Å². The minimum absolute atomic E-state index is 0.493. The van der Waals surface area contributed by atoms with Gasteiger partial charge >= 0.3 is 0 Å². The molecule has 2 aromatic rings. The zero-order valence-electron chi connectivity index (χ0n) is 13.6. The van der Waals surface area contributed by atoms with Crippen molar-refractivity contribution in [2.75, 3.05) is 6.61 Å². The summed E-state index contributed by atoms with van der Waals surface area (Å²) in [5, 5.41) is 39.4. The van der Waals surface area contributed by atoms with Crippen molar-refractivity contribution in [2.24, 2.45) is 0 Å². The summed E-state index contributed by atoms with van der Waals surface area (Å²) in [7, 11) is 0. The van der Waals surface area contributed by atoms with Crippen molar-refractivity contribution >= 4 is 0 Å². The van der Waals surface area contributed by atoms with Gasteiger partial charge in [-0.25, -0.2) is 0 Å². The molecule has 0 saturated carbocycles. The second-order valence-electron chi connectivity index (χ2n) is 6.08. The highest BCUT2D eigenvalue weighted by Crippen LogP contribution is 2.28. The van der Waals surface area contributed by atoms with Crippen molar-refractivity contribution in [1.29, 1.82) is 0 Å². The Kier molecular flexibility index (Phi) is 5.67. The fourth-order valence-electron chi connectivity index (χ4n) is 2.93. The van der Waals surface area contributed by atoms with Crippen LogP contribution in [-0.4, -0.2) is 57.7 Å². The van der Waals surface area contributed by atoms with E-state index in [9.17, 15) is 15.3 Å². The molecule has 25 heavy (non-hydrogen) atoms. The fourth-order valence-corrected chi connectivity index (χ4v) is 2.93. The van der Waals surface area contributed by atoms with Gasteiger partial charge in [-0.2, -0.15) is 0 Å². The second kappa shape index (κ2) is 7.95. The molecule has 0 spiro atoms. The summed E-state index contributed by atoms with van der Waals surface area (Å²) in [5.74, 6) is 0.493. The van der Waals surface area contributed by atoms with Crippen LogP contribution < -0.4 is 4.74 Å². The van der Waals surface area contributed by atoms with Gasteiger partial charge in [0, 0.05) is 6.42 Å². The van der Waals surface area contributed by atoms with Crippen LogP contribution in [0.25, 0.3) is 0 Å². The molecule has 1 unspecified atom stereocenters. The Bertz CT molecular complexity index is 677. The normalized spacial score (nSPS) is 29.4. The lowest BCUT2D eigenvalue weighted by Crippen LogP contribution is -2.60. The number of hydrogen-bond acceptors (Lipinski definition) is 6. The first-order chi connectivity index (χ1) is 12.1. The quantitative estimate of drug-likeness (QED) is 0.628. The smallest absolute Gasteiger partial charge is 0.195 e. The van der Waals surface area contributed by atoms with Gasteiger partial charge in [-0.1, -0.05) is 48.5 Å². The number of hydrogen-bond donors (Lipinski definition) is 4. The molecule has 0 aromatic heterocycles. The standard InChI is InChI=1S/C19H22O6/c20-11-15-16(21)17(22)18(19(23)25-15)24-14-9-5-4-8-13(14)10-12-6-2-1-3-7-12/h1-9,15-23H,10-11H2/t15-,16-,17+,18-,19?/m1/s1. The maximum atomic E-state index is 10.2. The first kappa shape index (κ1) is 17.8. The SMILES string of the molecule is OC[C@H]1OC(O)[C@H](Oc2ccccc2Cc2ccccc2)[C@@H](O)[C@@H]1O. The number of aliphatic hydroxyl groups excluding tert-OH is 4. The van der Waals surface area contributed by atoms with Crippen LogP contribution in [0.4, 0.5) is 0 Å². The van der Waals surface area contributed by atoms with Gasteiger partial charge in [0.25, 0.3) is 0 Å². The monoisotopic (exact) mass is 346 g/mol. The van der Waals surface area contributed by atoms with E-state index in [1.54, 1.807) is 12.1 Å². The minimum atomic E-state index is -1.46. The van der Waals surface area contributed by atoms with Gasteiger partial charge in [0.05, 0.1) is 6.61 Å². The molecule has 0 amide bonds. The molecule has 6 heteroatoms. The first-order valence-electron chi connectivity index (χ1n) is 8.19. The van der Waals surface area contributed by atoms with Crippen molar-refractivity contribution in [2.45, 2.75) is 37.1 Å². The van der Waals surface area contributed by atoms with Crippen molar-refractivity contribution in [3.8, 4) is 5.75 Å². The largest absolute Gasteiger partial charge is 0.482 e. The molecule has 1 heterocycles. The molecule has 2 aromatic carbocycles. The molecular formula is C19H22O6. The molecule has 1 aliphatic rings. The van der Waals surface area contributed by atoms with Crippen LogP contribution in [0.1, 0.15) is 11.1 Å². The Balaban J connectivity index is 1.79. The summed E-state index contributed by atoms with van der Waals surface area (Å²) in [4.78, 5) is 0. The Morgan fingerprint density at radius 3 is 2.28 bits per heavy atom. The average molecular weight is 346 g/mol. The molecule has 134 valence electrons. The van der Waals surface area contributed by atoms with E-state index in [0.29, 0.717) is 12.2 Å². The Morgan fingerprint density at radius 1 is 0.880 bits per heavy atom. The van der Waals surface area contributed by atoms with E-state index in [4.69, 9.17) is 14.6 Å². The Hall–Kier alpha value is -1.96. The number of aliphatic hydroxyl groups is 4. The van der Waals surface area contributed by atoms with E-state index in [0.717, 1.165) is 11.1 Å². The predicted molar refractivity (Wildman–Crippen MR) is 90.1 cm³/mol. The van der Waals surface area contributed by atoms with Crippen LogP contribution >= 0.6 is 0 Å². The predicted octanol–water partition coefficient (Wildman–Crippen LogP) is 0.456. The average Bonchev–Trinajstić information content (AvgIpc) is 2.64. The molecule has 4 N–H and O–H groups in total. The summed E-state index contributed by atoms with van der Waals surface area (Å²) in [6.07, 6.45) is -5.77. The van der Waals surface area contributed by atoms with Gasteiger partial charge in [0.1, 0.15) is 24.1 Å². The van der Waals surface area contributed by atoms with Crippen molar-refractivity contribution < 1.29 is 29.9 Å². The topological polar surface area (TPSA) is 99.4 Å². The van der Waals surface area contributed by atoms with Gasteiger partial charge < -0.3 is 29.9 Å². The Morgan fingerprint density at radius 2 is 1.56 bits per heavy atom. The maximum absolute atomic E-state index is 10.2. The molecule has 6 nitrogen and oxygen atoms in total. The summed E-state index contributed by atoms with van der Waals surface area (Å²) >= 11 is 0. The van der Waals surface area contributed by atoms with E-state index in [-0.39, 0.29) is 0 Å². The van der Waals surface area contributed by atoms with E-state index >= 15 is 0 Å². The van der Waals surface area contributed by atoms with Gasteiger partial charge in [0.15, 0.2) is 12.4 Å². The van der Waals surface area contributed by atoms with E-state index in [1.807, 2.05) is 42.5 Å². The van der Waals surface area contributed by atoms with E-state index < -0.39 is 37.3 Å². The highest BCUT2D eigenvalue weighted by molar-refractivity contribution is 5.37. The lowest BCUT2D eigenvalue weighted by molar-refractivity contribution is -0.280. The maximum Gasteiger partial charge on any atom is 0.195 e. The molecular weight excluding hydrogens is 324 g/mol. The zero-order valence-corrected chi connectivity index (χ0v) is 13.6. The van der Waals surface area contributed by atoms with Gasteiger partial charge in [0.2, 0.25) is 0 Å². The summed E-state index contributed by atoms with van der Waals surface area (Å²) in [6.45, 7) is -0.507. The van der Waals surface area contributed by atoms with Gasteiger partial charge in [-0.05, 0) is 17.2 Å². The third kappa shape index (κ3) is 4.00. The Labute approximate surface area is 145 Å². The van der Waals surface area contributed by atoms with Gasteiger partial charge in [-0.15, -0.1) is 0 Å². The van der Waals surface area contributed by atoms with Crippen LogP contribution in [0.2, 0.25) is 0 Å². The molecule has 1 saturated heterocycles. The van der Waals surface area contributed by atoms with Crippen LogP contribution in [-0.2, 0) is 11.2 Å². The highest BCUT2D eigenvalue weighted by Gasteiger charge is 2.45. The summed E-state index contributed by atoms with van der Waals surface area (Å²) < 4.78 is 10.9.